The number of hydrogen-bond donors (Lipinski definition) is 0. The monoisotopic (exact) mass is 199 g/mol. The Balaban J connectivity index is 2.55. The first-order valence-electron chi connectivity index (χ1n) is 4.14. The number of aromatic nitrogens is 2. The van der Waals surface area contributed by atoms with Crippen LogP contribution in [0.3, 0.4) is 0 Å². The molecule has 0 radical (unpaired) electrons. The van der Waals surface area contributed by atoms with E-state index in [1.807, 2.05) is 0 Å². The molecule has 6 heteroatoms. The molecule has 0 unspecified atom stereocenters. The minimum Gasteiger partial charge on any atom is -0.377 e. The lowest BCUT2D eigenvalue weighted by atomic mass is 10.3. The molecule has 0 aromatic carbocycles. The van der Waals surface area contributed by atoms with Gasteiger partial charge < -0.3 is 14.2 Å². The minimum absolute atomic E-state index is 0.0691. The molecular formula is C8H13N3O3. The molecule has 0 saturated carbocycles. The Hall–Kier alpha value is -1.43. The fourth-order valence-corrected chi connectivity index (χ4v) is 0.880. The number of hydrogen-bond acceptors (Lipinski definition) is 6. The third-order valence-electron chi connectivity index (χ3n) is 1.51. The maximum absolute atomic E-state index is 11.1. The molecule has 6 nitrogen and oxygen atoms in total. The minimum atomic E-state index is -0.0820. The van der Waals surface area contributed by atoms with Gasteiger partial charge in [0.2, 0.25) is 5.89 Å². The predicted molar refractivity (Wildman–Crippen MR) is 49.2 cm³/mol. The first-order valence-corrected chi connectivity index (χ1v) is 4.14. The van der Waals surface area contributed by atoms with Gasteiger partial charge in [0, 0.05) is 21.2 Å². The van der Waals surface area contributed by atoms with Crippen molar-refractivity contribution in [2.24, 2.45) is 0 Å². The summed E-state index contributed by atoms with van der Waals surface area (Å²) in [4.78, 5) is 16.8. The average molecular weight is 199 g/mol. The van der Waals surface area contributed by atoms with Gasteiger partial charge in [0.05, 0.1) is 6.42 Å². The highest BCUT2D eigenvalue weighted by Gasteiger charge is 2.11. The summed E-state index contributed by atoms with van der Waals surface area (Å²) in [6, 6.07) is 0. The molecule has 0 aliphatic rings. The van der Waals surface area contributed by atoms with Gasteiger partial charge >= 0.3 is 0 Å². The molecule has 0 amide bonds. The lowest BCUT2D eigenvalue weighted by Gasteiger charge is -2.02. The van der Waals surface area contributed by atoms with Crippen LogP contribution in [0.25, 0.3) is 0 Å². The summed E-state index contributed by atoms with van der Waals surface area (Å²) in [6.45, 7) is 0.0691. The molecule has 0 fully saturated rings. The number of rotatable bonds is 5. The number of anilines is 1. The number of nitrogens with zero attached hydrogens (tertiary/aromatic N) is 3. The van der Waals surface area contributed by atoms with Crippen LogP contribution in [0.1, 0.15) is 5.89 Å². The lowest BCUT2D eigenvalue weighted by Crippen LogP contribution is -2.12. The summed E-state index contributed by atoms with van der Waals surface area (Å²) < 4.78 is 9.54. The van der Waals surface area contributed by atoms with Crippen molar-refractivity contribution >= 4 is 11.7 Å². The molecule has 0 aliphatic heterocycles. The van der Waals surface area contributed by atoms with Crippen molar-refractivity contribution in [1.29, 1.82) is 0 Å². The van der Waals surface area contributed by atoms with Gasteiger partial charge in [-0.2, -0.15) is 4.98 Å². The standard InChI is InChI=1S/C8H13N3O3/c1-11(2)8-9-7(14-10-8)4-6(12)5-13-3/h4-5H2,1-3H3. The van der Waals surface area contributed by atoms with Gasteiger partial charge in [-0.3, -0.25) is 4.79 Å². The third kappa shape index (κ3) is 2.81. The molecule has 78 valence electrons. The summed E-state index contributed by atoms with van der Waals surface area (Å²) in [5, 5.41) is 3.68. The van der Waals surface area contributed by atoms with Crippen LogP contribution in [0.4, 0.5) is 5.95 Å². The average Bonchev–Trinajstić information content (AvgIpc) is 2.53. The number of ketones is 1. The Morgan fingerprint density at radius 3 is 2.79 bits per heavy atom. The van der Waals surface area contributed by atoms with E-state index in [1.54, 1.807) is 19.0 Å². The van der Waals surface area contributed by atoms with Crippen molar-refractivity contribution in [2.75, 3.05) is 32.7 Å². The smallest absolute Gasteiger partial charge is 0.265 e. The molecule has 14 heavy (non-hydrogen) atoms. The quantitative estimate of drug-likeness (QED) is 0.659. The van der Waals surface area contributed by atoms with Gasteiger partial charge in [0.1, 0.15) is 6.61 Å². The Kier molecular flexibility index (Phi) is 3.58. The Morgan fingerprint density at radius 1 is 1.57 bits per heavy atom. The van der Waals surface area contributed by atoms with E-state index in [-0.39, 0.29) is 18.8 Å². The van der Waals surface area contributed by atoms with Crippen LogP contribution in [0.2, 0.25) is 0 Å². The molecule has 0 aliphatic carbocycles. The maximum Gasteiger partial charge on any atom is 0.265 e. The molecule has 1 heterocycles. The van der Waals surface area contributed by atoms with Crippen molar-refractivity contribution in [1.82, 2.24) is 10.1 Å². The summed E-state index contributed by atoms with van der Waals surface area (Å²) in [7, 11) is 5.06. The number of Topliss-reactive ketones (excluding diaryl/α,β-unsaturated/α-hetero) is 1. The molecule has 0 N–H and O–H groups in total. The van der Waals surface area contributed by atoms with E-state index in [9.17, 15) is 4.79 Å². The van der Waals surface area contributed by atoms with Crippen molar-refractivity contribution in [3.63, 3.8) is 0 Å². The topological polar surface area (TPSA) is 68.5 Å². The van der Waals surface area contributed by atoms with E-state index in [0.29, 0.717) is 11.8 Å². The number of carbonyl (C=O) groups excluding carboxylic acids is 1. The number of carbonyl (C=O) groups is 1. The first-order chi connectivity index (χ1) is 6.63. The Labute approximate surface area is 81.8 Å². The third-order valence-corrected chi connectivity index (χ3v) is 1.51. The molecular weight excluding hydrogens is 186 g/mol. The van der Waals surface area contributed by atoms with Crippen LogP contribution < -0.4 is 4.90 Å². The highest BCUT2D eigenvalue weighted by atomic mass is 16.5. The van der Waals surface area contributed by atoms with Gasteiger partial charge in [-0.25, -0.2) is 0 Å². The molecule has 0 spiro atoms. The van der Waals surface area contributed by atoms with Crippen molar-refractivity contribution < 1.29 is 14.1 Å². The Bertz CT molecular complexity index is 309. The van der Waals surface area contributed by atoms with E-state index < -0.39 is 0 Å². The largest absolute Gasteiger partial charge is 0.377 e. The van der Waals surface area contributed by atoms with E-state index in [1.165, 1.54) is 7.11 Å². The van der Waals surface area contributed by atoms with Crippen molar-refractivity contribution in [3.8, 4) is 0 Å². The molecule has 0 atom stereocenters. The maximum atomic E-state index is 11.1. The van der Waals surface area contributed by atoms with Crippen LogP contribution in [0.15, 0.2) is 4.52 Å². The van der Waals surface area contributed by atoms with Crippen molar-refractivity contribution in [3.05, 3.63) is 5.89 Å². The number of ether oxygens (including phenoxy) is 1. The zero-order valence-corrected chi connectivity index (χ0v) is 8.48. The summed E-state index contributed by atoms with van der Waals surface area (Å²) in [6.07, 6.45) is 0.120. The number of methoxy groups -OCH3 is 1. The summed E-state index contributed by atoms with van der Waals surface area (Å²) >= 11 is 0. The summed E-state index contributed by atoms with van der Waals surface area (Å²) in [5.74, 6) is 0.697. The SMILES string of the molecule is COCC(=O)Cc1nc(N(C)C)no1. The first kappa shape index (κ1) is 10.6. The second-order valence-corrected chi connectivity index (χ2v) is 3.03. The molecule has 0 saturated heterocycles. The summed E-state index contributed by atoms with van der Waals surface area (Å²) in [5.41, 5.74) is 0. The van der Waals surface area contributed by atoms with E-state index >= 15 is 0 Å². The highest BCUT2D eigenvalue weighted by molar-refractivity contribution is 5.81. The zero-order valence-electron chi connectivity index (χ0n) is 8.48. The highest BCUT2D eigenvalue weighted by Crippen LogP contribution is 2.05. The van der Waals surface area contributed by atoms with Gasteiger partial charge in [-0.05, 0) is 5.16 Å². The second kappa shape index (κ2) is 4.71. The Morgan fingerprint density at radius 2 is 2.29 bits per heavy atom. The van der Waals surface area contributed by atoms with Gasteiger partial charge in [-0.1, -0.05) is 0 Å². The van der Waals surface area contributed by atoms with Gasteiger partial charge in [0.15, 0.2) is 5.78 Å². The fraction of sp³-hybridized carbons (Fsp3) is 0.625. The lowest BCUT2D eigenvalue weighted by molar-refractivity contribution is -0.122. The van der Waals surface area contributed by atoms with E-state index in [2.05, 4.69) is 14.9 Å². The van der Waals surface area contributed by atoms with Crippen LogP contribution in [-0.4, -0.2) is 43.7 Å². The van der Waals surface area contributed by atoms with Gasteiger partial charge in [0.25, 0.3) is 5.95 Å². The van der Waals surface area contributed by atoms with Gasteiger partial charge in [-0.15, -0.1) is 0 Å². The molecule has 1 aromatic heterocycles. The zero-order chi connectivity index (χ0) is 10.6. The predicted octanol–water partition coefficient (Wildman–Crippen LogP) is -0.106. The molecule has 0 bridgehead atoms. The van der Waals surface area contributed by atoms with Crippen LogP contribution in [0.5, 0.6) is 0 Å². The fourth-order valence-electron chi connectivity index (χ4n) is 0.880. The molecule has 1 rings (SSSR count). The normalized spacial score (nSPS) is 10.2. The van der Waals surface area contributed by atoms with Crippen LogP contribution >= 0.6 is 0 Å². The van der Waals surface area contributed by atoms with Crippen LogP contribution in [-0.2, 0) is 16.0 Å². The molecule has 1 aromatic rings. The van der Waals surface area contributed by atoms with E-state index in [0.717, 1.165) is 0 Å². The second-order valence-electron chi connectivity index (χ2n) is 3.03. The van der Waals surface area contributed by atoms with Crippen LogP contribution in [0, 0.1) is 0 Å². The van der Waals surface area contributed by atoms with Crippen molar-refractivity contribution in [2.45, 2.75) is 6.42 Å². The van der Waals surface area contributed by atoms with E-state index in [4.69, 9.17) is 4.52 Å².